The van der Waals surface area contributed by atoms with Crippen LogP contribution in [0.2, 0.25) is 0 Å². The Morgan fingerprint density at radius 2 is 1.31 bits per heavy atom. The highest BCUT2D eigenvalue weighted by molar-refractivity contribution is 6.53. The first-order valence-corrected chi connectivity index (χ1v) is 11.6. The summed E-state index contributed by atoms with van der Waals surface area (Å²) in [6.45, 7) is 7.27. The first-order chi connectivity index (χ1) is 15.6. The summed E-state index contributed by atoms with van der Waals surface area (Å²) in [6, 6.07) is 28.0. The number of hydrogen-bond donors (Lipinski definition) is 1. The number of benzene rings is 3. The number of nitrogens with one attached hydrogen (secondary N) is 1. The molecule has 0 saturated heterocycles. The van der Waals surface area contributed by atoms with E-state index in [0.717, 1.165) is 54.0 Å². The summed E-state index contributed by atoms with van der Waals surface area (Å²) in [7, 11) is 0. The highest BCUT2D eigenvalue weighted by atomic mass is 35.5. The smallest absolute Gasteiger partial charge is 0.224 e. The molecule has 0 radical (unpaired) electrons. The molecule has 32 heavy (non-hydrogen) atoms. The Balaban J connectivity index is 1.76. The number of carbonyl (C=O) groups is 1. The second-order valence-electron chi connectivity index (χ2n) is 7.68. The van der Waals surface area contributed by atoms with Crippen molar-refractivity contribution in [1.29, 1.82) is 0 Å². The Bertz CT molecular complexity index is 1010. The molecular formula is C28H31ClN2O. The van der Waals surface area contributed by atoms with E-state index >= 15 is 0 Å². The number of hydrogen-bond acceptors (Lipinski definition) is 2. The van der Waals surface area contributed by atoms with Gasteiger partial charge in [-0.25, -0.2) is 0 Å². The van der Waals surface area contributed by atoms with Gasteiger partial charge in [-0.15, -0.1) is 0 Å². The third kappa shape index (κ3) is 6.56. The summed E-state index contributed by atoms with van der Waals surface area (Å²) in [6.07, 6.45) is 1.38. The number of amides is 1. The molecule has 0 aliphatic heterocycles. The monoisotopic (exact) mass is 446 g/mol. The number of nitrogens with zero attached hydrogens (tertiary/aromatic N) is 1. The standard InChI is InChI=1S/C28H31ClN2O/c1-3-31(4-2)21-11-16-26(32)30-25-19-17-23(18-20-25)27(22-12-7-5-8-13-22)28(29)24-14-9-6-10-15-24/h5-10,12-15,17-20H,3-4,11,16,21H2,1-2H3,(H,30,32)/b28-27-. The van der Waals surface area contributed by atoms with Crippen LogP contribution in [-0.4, -0.2) is 30.4 Å². The molecule has 4 heteroatoms. The summed E-state index contributed by atoms with van der Waals surface area (Å²) in [5.41, 5.74) is 4.79. The Labute approximate surface area is 196 Å². The average Bonchev–Trinajstić information content (AvgIpc) is 2.84. The van der Waals surface area contributed by atoms with Crippen molar-refractivity contribution in [2.45, 2.75) is 26.7 Å². The van der Waals surface area contributed by atoms with E-state index in [2.05, 4.69) is 36.2 Å². The molecule has 1 amide bonds. The van der Waals surface area contributed by atoms with Gasteiger partial charge in [-0.3, -0.25) is 4.79 Å². The van der Waals surface area contributed by atoms with Crippen LogP contribution in [0.15, 0.2) is 84.9 Å². The van der Waals surface area contributed by atoms with E-state index < -0.39 is 0 Å². The normalized spacial score (nSPS) is 11.9. The SMILES string of the molecule is CCN(CC)CCCC(=O)Nc1ccc(/C(=C(\Cl)c2ccccc2)c2ccccc2)cc1. The van der Waals surface area contributed by atoms with Crippen LogP contribution in [0.25, 0.3) is 10.6 Å². The van der Waals surface area contributed by atoms with Crippen LogP contribution in [0.1, 0.15) is 43.4 Å². The average molecular weight is 447 g/mol. The molecule has 3 nitrogen and oxygen atoms in total. The molecule has 0 fully saturated rings. The maximum Gasteiger partial charge on any atom is 0.224 e. The molecule has 0 aliphatic carbocycles. The van der Waals surface area contributed by atoms with Crippen molar-refractivity contribution in [3.8, 4) is 0 Å². The van der Waals surface area contributed by atoms with E-state index in [0.29, 0.717) is 11.5 Å². The Morgan fingerprint density at radius 1 is 0.781 bits per heavy atom. The number of rotatable bonds is 10. The van der Waals surface area contributed by atoms with Gasteiger partial charge in [0.15, 0.2) is 0 Å². The summed E-state index contributed by atoms with van der Waals surface area (Å²) < 4.78 is 0. The van der Waals surface area contributed by atoms with Gasteiger partial charge in [-0.05, 0) is 54.9 Å². The van der Waals surface area contributed by atoms with E-state index in [1.165, 1.54) is 0 Å². The molecule has 0 atom stereocenters. The van der Waals surface area contributed by atoms with Crippen molar-refractivity contribution in [3.63, 3.8) is 0 Å². The second kappa shape index (κ2) is 12.2. The molecule has 0 aromatic heterocycles. The van der Waals surface area contributed by atoms with Gasteiger partial charge in [0.1, 0.15) is 0 Å². The van der Waals surface area contributed by atoms with E-state index in [4.69, 9.17) is 11.6 Å². The van der Waals surface area contributed by atoms with Gasteiger partial charge >= 0.3 is 0 Å². The molecule has 1 N–H and O–H groups in total. The zero-order valence-corrected chi connectivity index (χ0v) is 19.6. The van der Waals surface area contributed by atoms with Crippen LogP contribution < -0.4 is 5.32 Å². The number of carbonyl (C=O) groups excluding carboxylic acids is 1. The Kier molecular flexibility index (Phi) is 9.09. The minimum Gasteiger partial charge on any atom is -0.326 e. The summed E-state index contributed by atoms with van der Waals surface area (Å²) >= 11 is 6.88. The zero-order valence-electron chi connectivity index (χ0n) is 18.9. The summed E-state index contributed by atoms with van der Waals surface area (Å²) in [5, 5.41) is 3.71. The summed E-state index contributed by atoms with van der Waals surface area (Å²) in [4.78, 5) is 14.7. The van der Waals surface area contributed by atoms with Crippen LogP contribution in [-0.2, 0) is 4.79 Å². The van der Waals surface area contributed by atoms with Gasteiger partial charge in [-0.1, -0.05) is 98.2 Å². The molecule has 3 rings (SSSR count). The summed E-state index contributed by atoms with van der Waals surface area (Å²) in [5.74, 6) is 0.0473. The highest BCUT2D eigenvalue weighted by Crippen LogP contribution is 2.35. The third-order valence-corrected chi connectivity index (χ3v) is 5.95. The lowest BCUT2D eigenvalue weighted by atomic mass is 9.95. The van der Waals surface area contributed by atoms with Crippen LogP contribution in [0, 0.1) is 0 Å². The molecule has 0 aliphatic rings. The van der Waals surface area contributed by atoms with Gasteiger partial charge in [0.05, 0.1) is 5.03 Å². The van der Waals surface area contributed by atoms with Crippen LogP contribution in [0.4, 0.5) is 5.69 Å². The quantitative estimate of drug-likeness (QED) is 0.343. The van der Waals surface area contributed by atoms with Gasteiger partial charge in [0, 0.05) is 17.7 Å². The molecule has 3 aromatic rings. The lowest BCUT2D eigenvalue weighted by molar-refractivity contribution is -0.116. The first-order valence-electron chi connectivity index (χ1n) is 11.3. The molecule has 0 saturated carbocycles. The molecular weight excluding hydrogens is 416 g/mol. The maximum atomic E-state index is 12.3. The lowest BCUT2D eigenvalue weighted by Gasteiger charge is -2.17. The maximum absolute atomic E-state index is 12.3. The van der Waals surface area contributed by atoms with Crippen molar-refractivity contribution >= 4 is 33.8 Å². The Hall–Kier alpha value is -2.88. The van der Waals surface area contributed by atoms with E-state index in [1.807, 2.05) is 72.8 Å². The van der Waals surface area contributed by atoms with E-state index in [-0.39, 0.29) is 5.91 Å². The van der Waals surface area contributed by atoms with E-state index in [1.54, 1.807) is 0 Å². The van der Waals surface area contributed by atoms with Gasteiger partial charge in [0.2, 0.25) is 5.91 Å². The number of anilines is 1. The van der Waals surface area contributed by atoms with Gasteiger partial charge in [0.25, 0.3) is 0 Å². The van der Waals surface area contributed by atoms with E-state index in [9.17, 15) is 4.79 Å². The van der Waals surface area contributed by atoms with Crippen LogP contribution in [0.3, 0.4) is 0 Å². The van der Waals surface area contributed by atoms with Crippen molar-refractivity contribution in [2.75, 3.05) is 25.0 Å². The van der Waals surface area contributed by atoms with Crippen molar-refractivity contribution < 1.29 is 4.79 Å². The second-order valence-corrected chi connectivity index (χ2v) is 8.05. The third-order valence-electron chi connectivity index (χ3n) is 5.54. The minimum absolute atomic E-state index is 0.0473. The predicted molar refractivity (Wildman–Crippen MR) is 137 cm³/mol. The topological polar surface area (TPSA) is 32.3 Å². The zero-order chi connectivity index (χ0) is 22.8. The highest BCUT2D eigenvalue weighted by Gasteiger charge is 2.13. The van der Waals surface area contributed by atoms with Crippen LogP contribution >= 0.6 is 11.6 Å². The number of halogens is 1. The molecule has 0 bridgehead atoms. The van der Waals surface area contributed by atoms with Gasteiger partial charge < -0.3 is 10.2 Å². The fourth-order valence-electron chi connectivity index (χ4n) is 3.70. The fourth-order valence-corrected chi connectivity index (χ4v) is 4.04. The minimum atomic E-state index is 0.0473. The van der Waals surface area contributed by atoms with Crippen LogP contribution in [0.5, 0.6) is 0 Å². The molecule has 0 spiro atoms. The van der Waals surface area contributed by atoms with Crippen molar-refractivity contribution in [1.82, 2.24) is 4.90 Å². The largest absolute Gasteiger partial charge is 0.326 e. The van der Waals surface area contributed by atoms with Gasteiger partial charge in [-0.2, -0.15) is 0 Å². The molecule has 0 heterocycles. The van der Waals surface area contributed by atoms with Crippen molar-refractivity contribution in [2.24, 2.45) is 0 Å². The molecule has 3 aromatic carbocycles. The predicted octanol–water partition coefficient (Wildman–Crippen LogP) is 6.90. The Morgan fingerprint density at radius 3 is 1.88 bits per heavy atom. The molecule has 0 unspecified atom stereocenters. The molecule has 166 valence electrons. The first kappa shape index (κ1) is 23.8. The lowest BCUT2D eigenvalue weighted by Crippen LogP contribution is -2.25. The fraction of sp³-hybridized carbons (Fsp3) is 0.250. The van der Waals surface area contributed by atoms with Crippen molar-refractivity contribution in [3.05, 3.63) is 102 Å².